The Morgan fingerprint density at radius 1 is 1.17 bits per heavy atom. The lowest BCUT2D eigenvalue weighted by molar-refractivity contribution is 0.319. The van der Waals surface area contributed by atoms with Gasteiger partial charge in [0.2, 0.25) is 0 Å². The van der Waals surface area contributed by atoms with Crippen LogP contribution in [0.2, 0.25) is 0 Å². The van der Waals surface area contributed by atoms with E-state index in [0.29, 0.717) is 5.71 Å². The van der Waals surface area contributed by atoms with Crippen LogP contribution in [0.5, 0.6) is 0 Å². The highest BCUT2D eigenvalue weighted by Crippen LogP contribution is 2.09. The number of hydrogen-bond donors (Lipinski definition) is 1. The minimum Gasteiger partial charge on any atom is -0.411 e. The molecule has 0 atom stereocenters. The maximum absolute atomic E-state index is 8.56. The highest BCUT2D eigenvalue weighted by atomic mass is 16.4. The smallest absolute Gasteiger partial charge is 0.0837 e. The summed E-state index contributed by atoms with van der Waals surface area (Å²) in [7, 11) is 0. The number of aryl methyl sites for hydroxylation is 2. The molecule has 0 bridgehead atoms. The van der Waals surface area contributed by atoms with Crippen molar-refractivity contribution in [2.45, 2.75) is 20.8 Å². The molecule has 0 saturated heterocycles. The fourth-order valence-electron chi connectivity index (χ4n) is 1.24. The molecule has 2 heteroatoms. The van der Waals surface area contributed by atoms with Crippen molar-refractivity contribution in [1.82, 2.24) is 0 Å². The minimum absolute atomic E-state index is 0.654. The second kappa shape index (κ2) is 3.39. The van der Waals surface area contributed by atoms with E-state index in [-0.39, 0.29) is 0 Å². The van der Waals surface area contributed by atoms with Crippen LogP contribution in [0.15, 0.2) is 23.4 Å². The SMILES string of the molecule is C/C(=N/O)c1cc(C)cc(C)c1. The van der Waals surface area contributed by atoms with E-state index in [2.05, 4.69) is 11.2 Å². The van der Waals surface area contributed by atoms with Crippen LogP contribution in [0.3, 0.4) is 0 Å². The summed E-state index contributed by atoms with van der Waals surface area (Å²) < 4.78 is 0. The molecule has 1 aromatic carbocycles. The fraction of sp³-hybridized carbons (Fsp3) is 0.300. The van der Waals surface area contributed by atoms with Crippen molar-refractivity contribution >= 4 is 5.71 Å². The molecule has 1 rings (SSSR count). The molecule has 0 spiro atoms. The van der Waals surface area contributed by atoms with Crippen molar-refractivity contribution in [3.05, 3.63) is 34.9 Å². The third-order valence-corrected chi connectivity index (χ3v) is 1.79. The maximum atomic E-state index is 8.56. The molecule has 2 nitrogen and oxygen atoms in total. The molecule has 0 aromatic heterocycles. The summed E-state index contributed by atoms with van der Waals surface area (Å²) in [5.41, 5.74) is 4.01. The Bertz CT molecular complexity index is 295. The van der Waals surface area contributed by atoms with Gasteiger partial charge in [-0.2, -0.15) is 0 Å². The van der Waals surface area contributed by atoms with Gasteiger partial charge in [-0.25, -0.2) is 0 Å². The van der Waals surface area contributed by atoms with Gasteiger partial charge in [0, 0.05) is 0 Å². The number of oxime groups is 1. The zero-order valence-corrected chi connectivity index (χ0v) is 7.63. The summed E-state index contributed by atoms with van der Waals surface area (Å²) in [5.74, 6) is 0. The normalized spacial score (nSPS) is 11.8. The second-order valence-electron chi connectivity index (χ2n) is 3.06. The van der Waals surface area contributed by atoms with Crippen LogP contribution in [-0.4, -0.2) is 10.9 Å². The highest BCUT2D eigenvalue weighted by Gasteiger charge is 1.98. The highest BCUT2D eigenvalue weighted by molar-refractivity contribution is 5.98. The summed E-state index contributed by atoms with van der Waals surface area (Å²) in [6.07, 6.45) is 0. The maximum Gasteiger partial charge on any atom is 0.0837 e. The van der Waals surface area contributed by atoms with Crippen molar-refractivity contribution in [2.75, 3.05) is 0 Å². The Kier molecular flexibility index (Phi) is 2.48. The molecule has 64 valence electrons. The number of benzene rings is 1. The van der Waals surface area contributed by atoms with E-state index in [1.807, 2.05) is 26.0 Å². The summed E-state index contributed by atoms with van der Waals surface area (Å²) in [4.78, 5) is 0. The fourth-order valence-corrected chi connectivity index (χ4v) is 1.24. The molecule has 0 unspecified atom stereocenters. The zero-order chi connectivity index (χ0) is 9.14. The van der Waals surface area contributed by atoms with E-state index < -0.39 is 0 Å². The lowest BCUT2D eigenvalue weighted by atomic mass is 10.0. The predicted octanol–water partition coefficient (Wildman–Crippen LogP) is 2.50. The van der Waals surface area contributed by atoms with Crippen molar-refractivity contribution in [3.63, 3.8) is 0 Å². The lowest BCUT2D eigenvalue weighted by Crippen LogP contribution is -1.95. The van der Waals surface area contributed by atoms with Gasteiger partial charge in [0.05, 0.1) is 5.71 Å². The van der Waals surface area contributed by atoms with E-state index in [0.717, 1.165) is 5.56 Å². The third-order valence-electron chi connectivity index (χ3n) is 1.79. The summed E-state index contributed by atoms with van der Waals surface area (Å²) in [5, 5.41) is 11.7. The van der Waals surface area contributed by atoms with Gasteiger partial charge in [0.25, 0.3) is 0 Å². The van der Waals surface area contributed by atoms with Crippen LogP contribution in [0.25, 0.3) is 0 Å². The van der Waals surface area contributed by atoms with Crippen LogP contribution in [0, 0.1) is 13.8 Å². The van der Waals surface area contributed by atoms with E-state index in [4.69, 9.17) is 5.21 Å². The van der Waals surface area contributed by atoms with E-state index in [1.165, 1.54) is 11.1 Å². The molecular weight excluding hydrogens is 150 g/mol. The Hall–Kier alpha value is -1.31. The van der Waals surface area contributed by atoms with Crippen molar-refractivity contribution < 1.29 is 5.21 Å². The first kappa shape index (κ1) is 8.78. The summed E-state index contributed by atoms with van der Waals surface area (Å²) >= 11 is 0. The van der Waals surface area contributed by atoms with Gasteiger partial charge in [-0.15, -0.1) is 0 Å². The van der Waals surface area contributed by atoms with Crippen LogP contribution in [0.1, 0.15) is 23.6 Å². The van der Waals surface area contributed by atoms with E-state index in [1.54, 1.807) is 6.92 Å². The Labute approximate surface area is 72.5 Å². The van der Waals surface area contributed by atoms with Crippen LogP contribution >= 0.6 is 0 Å². The van der Waals surface area contributed by atoms with Crippen LogP contribution in [-0.2, 0) is 0 Å². The van der Waals surface area contributed by atoms with E-state index in [9.17, 15) is 0 Å². The quantitative estimate of drug-likeness (QED) is 0.385. The van der Waals surface area contributed by atoms with Gasteiger partial charge in [-0.1, -0.05) is 34.5 Å². The number of hydrogen-bond acceptors (Lipinski definition) is 2. The molecule has 0 heterocycles. The van der Waals surface area contributed by atoms with Gasteiger partial charge in [0.1, 0.15) is 0 Å². The van der Waals surface area contributed by atoms with Crippen LogP contribution < -0.4 is 0 Å². The molecule has 0 saturated carbocycles. The topological polar surface area (TPSA) is 32.6 Å². The molecule has 0 aliphatic rings. The number of nitrogens with zero attached hydrogens (tertiary/aromatic N) is 1. The average molecular weight is 163 g/mol. The molecule has 0 radical (unpaired) electrons. The van der Waals surface area contributed by atoms with Crippen molar-refractivity contribution in [2.24, 2.45) is 5.16 Å². The van der Waals surface area contributed by atoms with Gasteiger partial charge >= 0.3 is 0 Å². The second-order valence-corrected chi connectivity index (χ2v) is 3.06. The first-order chi connectivity index (χ1) is 5.63. The van der Waals surface area contributed by atoms with Crippen LogP contribution in [0.4, 0.5) is 0 Å². The molecule has 0 fully saturated rings. The zero-order valence-electron chi connectivity index (χ0n) is 7.63. The Morgan fingerprint density at radius 2 is 1.67 bits per heavy atom. The monoisotopic (exact) mass is 163 g/mol. The largest absolute Gasteiger partial charge is 0.411 e. The average Bonchev–Trinajstić information content (AvgIpc) is 2.01. The standard InChI is InChI=1S/C10H13NO/c1-7-4-8(2)6-10(5-7)9(3)11-12/h4-6,12H,1-3H3/b11-9-. The number of rotatable bonds is 1. The van der Waals surface area contributed by atoms with Crippen molar-refractivity contribution in [1.29, 1.82) is 0 Å². The van der Waals surface area contributed by atoms with Gasteiger partial charge in [0.15, 0.2) is 0 Å². The summed E-state index contributed by atoms with van der Waals surface area (Å²) in [6, 6.07) is 6.10. The molecule has 0 aliphatic carbocycles. The van der Waals surface area contributed by atoms with Gasteiger partial charge in [-0.05, 0) is 26.3 Å². The van der Waals surface area contributed by atoms with Gasteiger partial charge < -0.3 is 5.21 Å². The Balaban J connectivity index is 3.17. The van der Waals surface area contributed by atoms with Crippen molar-refractivity contribution in [3.8, 4) is 0 Å². The summed E-state index contributed by atoms with van der Waals surface area (Å²) in [6.45, 7) is 5.84. The minimum atomic E-state index is 0.654. The molecule has 1 aromatic rings. The molecular formula is C10H13NO. The molecule has 1 N–H and O–H groups in total. The first-order valence-electron chi connectivity index (χ1n) is 3.91. The predicted molar refractivity (Wildman–Crippen MR) is 49.9 cm³/mol. The molecule has 0 aliphatic heterocycles. The van der Waals surface area contributed by atoms with Gasteiger partial charge in [-0.3, -0.25) is 0 Å². The lowest BCUT2D eigenvalue weighted by Gasteiger charge is -2.02. The molecule has 12 heavy (non-hydrogen) atoms. The molecule has 0 amide bonds. The Morgan fingerprint density at radius 3 is 2.08 bits per heavy atom. The first-order valence-corrected chi connectivity index (χ1v) is 3.91. The van der Waals surface area contributed by atoms with E-state index >= 15 is 0 Å². The third kappa shape index (κ3) is 1.84.